The fourth-order valence-electron chi connectivity index (χ4n) is 5.59. The van der Waals surface area contributed by atoms with Crippen molar-refractivity contribution < 1.29 is 23.8 Å². The Labute approximate surface area is 268 Å². The van der Waals surface area contributed by atoms with Gasteiger partial charge >= 0.3 is 6.09 Å². The molecule has 46 heavy (non-hydrogen) atoms. The first-order valence-corrected chi connectivity index (χ1v) is 15.2. The van der Waals surface area contributed by atoms with Crippen LogP contribution in [0.15, 0.2) is 103 Å². The number of nitrogens with zero attached hydrogens (tertiary/aromatic N) is 3. The molecule has 236 valence electrons. The highest BCUT2D eigenvalue weighted by Crippen LogP contribution is 2.30. The third-order valence-electron chi connectivity index (χ3n) is 7.90. The molecule has 0 bridgehead atoms. The van der Waals surface area contributed by atoms with Crippen LogP contribution in [0.25, 0.3) is 0 Å². The third kappa shape index (κ3) is 7.95. The molecule has 1 aliphatic heterocycles. The molecule has 3 atom stereocenters. The number of rotatable bonds is 11. The van der Waals surface area contributed by atoms with Crippen molar-refractivity contribution >= 4 is 17.8 Å². The van der Waals surface area contributed by atoms with E-state index in [2.05, 4.69) is 16.4 Å². The number of aromatic nitrogens is 1. The van der Waals surface area contributed by atoms with Crippen LogP contribution in [0.3, 0.4) is 0 Å². The minimum atomic E-state index is -1.11. The second-order valence-electron chi connectivity index (χ2n) is 11.0. The first-order chi connectivity index (χ1) is 22.5. The molecule has 2 heterocycles. The number of nitriles is 1. The second-order valence-corrected chi connectivity index (χ2v) is 11.0. The van der Waals surface area contributed by atoms with Gasteiger partial charge in [0.25, 0.3) is 5.91 Å². The van der Waals surface area contributed by atoms with Crippen LogP contribution < -0.4 is 20.7 Å². The van der Waals surface area contributed by atoms with E-state index in [9.17, 15) is 9.59 Å². The molecule has 5 rings (SSSR count). The number of amides is 2. The number of nitrogens with one attached hydrogen (secondary N) is 1. The summed E-state index contributed by atoms with van der Waals surface area (Å²) < 4.78 is 17.3. The van der Waals surface area contributed by atoms with Crippen molar-refractivity contribution in [3.05, 3.63) is 126 Å². The molecule has 0 spiro atoms. The fraction of sp³-hybridized carbons (Fsp3) is 0.278. The molecule has 1 aliphatic rings. The number of aryl methyl sites for hydroxylation is 1. The Kier molecular flexibility index (Phi) is 11.1. The molecule has 4 aromatic rings. The molecule has 0 radical (unpaired) electrons. The Morgan fingerprint density at radius 3 is 2.26 bits per heavy atom. The Morgan fingerprint density at radius 2 is 1.63 bits per heavy atom. The summed E-state index contributed by atoms with van der Waals surface area (Å²) in [6.45, 7) is 1.63. The van der Waals surface area contributed by atoms with Gasteiger partial charge in [-0.2, -0.15) is 10.2 Å². The van der Waals surface area contributed by atoms with Crippen molar-refractivity contribution in [1.29, 1.82) is 5.26 Å². The first-order valence-electron chi connectivity index (χ1n) is 15.2. The number of nitrogens with two attached hydrogens (primary N) is 1. The van der Waals surface area contributed by atoms with Crippen molar-refractivity contribution in [2.45, 2.75) is 37.0 Å². The number of morpholine rings is 1. The standard InChI is InChI=1S/C36H37N5O5/c1-44-36(43)41(35(42)33(38)32(26-9-4-2-5-10-26)27-11-6-3-7-12-27)34-28(13-8-20-40-34)16-19-30-22-39-23-31(46-30)24-45-29-17-14-25(21-37)15-18-29/h2-15,17-18,20,30-33,39H,16,19,22-24,38H2,1H3/t30-,31+,33+/m1/s1. The molecule has 10 nitrogen and oxygen atoms in total. The lowest BCUT2D eigenvalue weighted by molar-refractivity contribution is -0.119. The van der Waals surface area contributed by atoms with Crippen LogP contribution in [0.1, 0.15) is 34.6 Å². The van der Waals surface area contributed by atoms with Crippen LogP contribution in [0.4, 0.5) is 10.6 Å². The van der Waals surface area contributed by atoms with Gasteiger partial charge in [-0.15, -0.1) is 0 Å². The predicted molar refractivity (Wildman–Crippen MR) is 173 cm³/mol. The number of ether oxygens (including phenoxy) is 3. The number of carbonyl (C=O) groups is 2. The van der Waals surface area contributed by atoms with Crippen molar-refractivity contribution in [3.63, 3.8) is 0 Å². The Balaban J connectivity index is 1.30. The average Bonchev–Trinajstić information content (AvgIpc) is 3.11. The zero-order chi connectivity index (χ0) is 32.3. The smallest absolute Gasteiger partial charge is 0.422 e. The molecule has 0 aliphatic carbocycles. The van der Waals surface area contributed by atoms with Crippen molar-refractivity contribution in [2.75, 3.05) is 31.7 Å². The van der Waals surface area contributed by atoms with Gasteiger partial charge in [0.1, 0.15) is 24.3 Å². The summed E-state index contributed by atoms with van der Waals surface area (Å²) in [5, 5.41) is 12.4. The van der Waals surface area contributed by atoms with E-state index >= 15 is 0 Å². The topological polar surface area (TPSA) is 140 Å². The maximum atomic E-state index is 14.2. The van der Waals surface area contributed by atoms with Gasteiger partial charge in [-0.1, -0.05) is 66.7 Å². The van der Waals surface area contributed by atoms with Crippen LogP contribution in [-0.4, -0.2) is 62.0 Å². The Bertz CT molecular complexity index is 1590. The molecule has 3 N–H and O–H groups in total. The summed E-state index contributed by atoms with van der Waals surface area (Å²) in [6.07, 6.45) is 1.44. The number of hydrogen-bond donors (Lipinski definition) is 2. The van der Waals surface area contributed by atoms with Crippen LogP contribution in [0, 0.1) is 11.3 Å². The van der Waals surface area contributed by atoms with Crippen molar-refractivity contribution in [1.82, 2.24) is 10.3 Å². The van der Waals surface area contributed by atoms with Gasteiger partial charge < -0.3 is 25.3 Å². The van der Waals surface area contributed by atoms with E-state index in [0.29, 0.717) is 49.4 Å². The Hall–Kier alpha value is -5.08. The minimum Gasteiger partial charge on any atom is -0.491 e. The summed E-state index contributed by atoms with van der Waals surface area (Å²) in [5.74, 6) is -0.295. The van der Waals surface area contributed by atoms with Crippen LogP contribution >= 0.6 is 0 Å². The summed E-state index contributed by atoms with van der Waals surface area (Å²) in [7, 11) is 1.23. The average molecular weight is 620 g/mol. The van der Waals surface area contributed by atoms with Crippen LogP contribution in [0.5, 0.6) is 5.75 Å². The number of anilines is 1. The first kappa shape index (κ1) is 32.3. The molecule has 0 saturated carbocycles. The van der Waals surface area contributed by atoms with E-state index in [4.69, 9.17) is 25.2 Å². The van der Waals surface area contributed by atoms with E-state index in [-0.39, 0.29) is 18.0 Å². The van der Waals surface area contributed by atoms with E-state index in [0.717, 1.165) is 16.0 Å². The van der Waals surface area contributed by atoms with Gasteiger partial charge in [0.05, 0.1) is 30.9 Å². The maximum absolute atomic E-state index is 14.2. The number of benzene rings is 3. The predicted octanol–water partition coefficient (Wildman–Crippen LogP) is 4.58. The lowest BCUT2D eigenvalue weighted by Gasteiger charge is -2.31. The van der Waals surface area contributed by atoms with Gasteiger partial charge in [-0.05, 0) is 59.9 Å². The number of methoxy groups -OCH3 is 1. The highest BCUT2D eigenvalue weighted by Gasteiger charge is 2.37. The highest BCUT2D eigenvalue weighted by atomic mass is 16.5. The van der Waals surface area contributed by atoms with E-state index in [1.807, 2.05) is 66.7 Å². The summed E-state index contributed by atoms with van der Waals surface area (Å²) in [5.41, 5.74) is 9.66. The molecule has 1 fully saturated rings. The van der Waals surface area contributed by atoms with Gasteiger partial charge in [0.15, 0.2) is 0 Å². The normalized spacial score (nSPS) is 16.7. The largest absolute Gasteiger partial charge is 0.491 e. The van der Waals surface area contributed by atoms with E-state index < -0.39 is 24.0 Å². The molecule has 1 saturated heterocycles. The Morgan fingerprint density at radius 1 is 0.978 bits per heavy atom. The molecular formula is C36H37N5O5. The zero-order valence-electron chi connectivity index (χ0n) is 25.6. The van der Waals surface area contributed by atoms with Gasteiger partial charge in [-0.3, -0.25) is 4.79 Å². The molecule has 3 aromatic carbocycles. The summed E-state index contributed by atoms with van der Waals surface area (Å²) in [4.78, 5) is 32.8. The zero-order valence-corrected chi connectivity index (χ0v) is 25.6. The van der Waals surface area contributed by atoms with Gasteiger partial charge in [0.2, 0.25) is 0 Å². The quantitative estimate of drug-likeness (QED) is 0.247. The van der Waals surface area contributed by atoms with Gasteiger partial charge in [0, 0.05) is 25.2 Å². The van der Waals surface area contributed by atoms with E-state index in [1.54, 1.807) is 30.3 Å². The number of pyridine rings is 1. The molecule has 10 heteroatoms. The number of imide groups is 1. The number of hydrogen-bond acceptors (Lipinski definition) is 9. The van der Waals surface area contributed by atoms with Crippen LogP contribution in [-0.2, 0) is 20.7 Å². The third-order valence-corrected chi connectivity index (χ3v) is 7.90. The lowest BCUT2D eigenvalue weighted by atomic mass is 9.85. The lowest BCUT2D eigenvalue weighted by Crippen LogP contribution is -2.50. The molecule has 2 amide bonds. The molecule has 1 aromatic heterocycles. The minimum absolute atomic E-state index is 0.138. The van der Waals surface area contributed by atoms with Crippen LogP contribution in [0.2, 0.25) is 0 Å². The second kappa shape index (κ2) is 15.8. The summed E-state index contributed by atoms with van der Waals surface area (Å²) >= 11 is 0. The van der Waals surface area contributed by atoms with Gasteiger partial charge in [-0.25, -0.2) is 9.78 Å². The van der Waals surface area contributed by atoms with Crippen molar-refractivity contribution in [3.8, 4) is 11.8 Å². The SMILES string of the molecule is COC(=O)N(C(=O)[C@@H](N)C(c1ccccc1)c1ccccc1)c1ncccc1CC[C@@H]1CNC[C@@H](COc2ccc(C#N)cc2)O1. The molecule has 0 unspecified atom stereocenters. The van der Waals surface area contributed by atoms with Crippen molar-refractivity contribution in [2.24, 2.45) is 5.73 Å². The number of carbonyl (C=O) groups excluding carboxylic acids is 2. The molecular weight excluding hydrogens is 582 g/mol. The monoisotopic (exact) mass is 619 g/mol. The van der Waals surface area contributed by atoms with E-state index in [1.165, 1.54) is 13.3 Å². The fourth-order valence-corrected chi connectivity index (χ4v) is 5.59. The maximum Gasteiger partial charge on any atom is 0.422 e. The highest BCUT2D eigenvalue weighted by molar-refractivity contribution is 6.14. The summed E-state index contributed by atoms with van der Waals surface area (Å²) in [6, 6.07) is 30.6.